The van der Waals surface area contributed by atoms with Crippen molar-refractivity contribution in [3.8, 4) is 0 Å². The van der Waals surface area contributed by atoms with Gasteiger partial charge in [-0.15, -0.1) is 6.58 Å². The largest absolute Gasteiger partial charge is 0.308 e. The van der Waals surface area contributed by atoms with E-state index in [0.717, 1.165) is 13.0 Å². The molecule has 0 bridgehead atoms. The first-order valence-corrected chi connectivity index (χ1v) is 7.24. The molecular weight excluding hydrogens is 208 g/mol. The van der Waals surface area contributed by atoms with Crippen molar-refractivity contribution in [1.82, 2.24) is 10.2 Å². The molecule has 2 heteroatoms. The Morgan fingerprint density at radius 1 is 1.41 bits per heavy atom. The molecule has 1 rings (SSSR count). The normalized spacial score (nSPS) is 26.7. The fourth-order valence-corrected chi connectivity index (χ4v) is 2.98. The summed E-state index contributed by atoms with van der Waals surface area (Å²) in [4.78, 5) is 2.70. The van der Waals surface area contributed by atoms with Crippen LogP contribution in [0.3, 0.4) is 0 Å². The molecule has 0 radical (unpaired) electrons. The van der Waals surface area contributed by atoms with Gasteiger partial charge < -0.3 is 5.32 Å². The third kappa shape index (κ3) is 3.32. The molecule has 2 nitrogen and oxygen atoms in total. The molecule has 2 unspecified atom stereocenters. The molecule has 2 atom stereocenters. The molecule has 0 aliphatic carbocycles. The monoisotopic (exact) mass is 238 g/mol. The van der Waals surface area contributed by atoms with Crippen LogP contribution < -0.4 is 5.32 Å². The van der Waals surface area contributed by atoms with Gasteiger partial charge in [0.15, 0.2) is 0 Å². The maximum Gasteiger partial charge on any atom is 0.0304 e. The van der Waals surface area contributed by atoms with Crippen LogP contribution >= 0.6 is 0 Å². The second-order valence-electron chi connectivity index (χ2n) is 5.48. The molecule has 1 N–H and O–H groups in total. The summed E-state index contributed by atoms with van der Waals surface area (Å²) in [5.41, 5.74) is 0.334. The molecule has 0 aromatic heterocycles. The van der Waals surface area contributed by atoms with Gasteiger partial charge >= 0.3 is 0 Å². The number of rotatable bonds is 6. The summed E-state index contributed by atoms with van der Waals surface area (Å²) in [7, 11) is 0. The predicted molar refractivity (Wildman–Crippen MR) is 76.4 cm³/mol. The molecule has 17 heavy (non-hydrogen) atoms. The van der Waals surface area contributed by atoms with E-state index in [1.807, 2.05) is 0 Å². The Labute approximate surface area is 107 Å². The fraction of sp³-hybridized carbons (Fsp3) is 0.867. The van der Waals surface area contributed by atoms with Crippen molar-refractivity contribution in [2.24, 2.45) is 0 Å². The summed E-state index contributed by atoms with van der Waals surface area (Å²) < 4.78 is 0. The molecule has 1 aliphatic rings. The first kappa shape index (κ1) is 14.7. The Morgan fingerprint density at radius 2 is 2.06 bits per heavy atom. The fourth-order valence-electron chi connectivity index (χ4n) is 2.98. The van der Waals surface area contributed by atoms with Crippen LogP contribution in [0.2, 0.25) is 0 Å². The van der Waals surface area contributed by atoms with Crippen molar-refractivity contribution in [2.45, 2.75) is 71.0 Å². The van der Waals surface area contributed by atoms with Crippen LogP contribution in [0.15, 0.2) is 12.7 Å². The SMILES string of the molecule is C=CCC(C)N1CC(CC)(CC)NCC1CC. The number of nitrogens with zero attached hydrogens (tertiary/aromatic N) is 1. The molecule has 100 valence electrons. The number of hydrogen-bond acceptors (Lipinski definition) is 2. The first-order valence-electron chi connectivity index (χ1n) is 7.24. The Bertz CT molecular complexity index is 233. The highest BCUT2D eigenvalue weighted by molar-refractivity contribution is 4.98. The minimum atomic E-state index is 0.334. The summed E-state index contributed by atoms with van der Waals surface area (Å²) in [6.45, 7) is 15.5. The second kappa shape index (κ2) is 6.55. The lowest BCUT2D eigenvalue weighted by Gasteiger charge is -2.49. The van der Waals surface area contributed by atoms with E-state index in [0.29, 0.717) is 17.6 Å². The molecule has 0 aromatic rings. The van der Waals surface area contributed by atoms with Gasteiger partial charge in [-0.3, -0.25) is 4.90 Å². The van der Waals surface area contributed by atoms with Crippen LogP contribution in [0.5, 0.6) is 0 Å². The van der Waals surface area contributed by atoms with Crippen LogP contribution in [-0.4, -0.2) is 35.6 Å². The van der Waals surface area contributed by atoms with Crippen molar-refractivity contribution < 1.29 is 0 Å². The van der Waals surface area contributed by atoms with E-state index in [9.17, 15) is 0 Å². The second-order valence-corrected chi connectivity index (χ2v) is 5.48. The van der Waals surface area contributed by atoms with Gasteiger partial charge in [0.05, 0.1) is 0 Å². The van der Waals surface area contributed by atoms with Crippen molar-refractivity contribution in [3.05, 3.63) is 12.7 Å². The van der Waals surface area contributed by atoms with Crippen molar-refractivity contribution in [2.75, 3.05) is 13.1 Å². The average molecular weight is 238 g/mol. The Kier molecular flexibility index (Phi) is 5.68. The highest BCUT2D eigenvalue weighted by Gasteiger charge is 2.37. The van der Waals surface area contributed by atoms with Gasteiger partial charge in [0, 0.05) is 30.7 Å². The van der Waals surface area contributed by atoms with Crippen LogP contribution in [0, 0.1) is 0 Å². The molecule has 0 saturated carbocycles. The van der Waals surface area contributed by atoms with Crippen LogP contribution in [0.1, 0.15) is 53.4 Å². The first-order chi connectivity index (χ1) is 8.12. The standard InChI is InChI=1S/C15H30N2/c1-6-10-13(5)17-12-15(8-3,9-4)16-11-14(17)7-2/h6,13-14,16H,1,7-12H2,2-5H3. The predicted octanol–water partition coefficient (Wildman–Crippen LogP) is 3.19. The molecule has 0 amide bonds. The van der Waals surface area contributed by atoms with E-state index in [-0.39, 0.29) is 0 Å². The highest BCUT2D eigenvalue weighted by Crippen LogP contribution is 2.26. The van der Waals surface area contributed by atoms with E-state index in [2.05, 4.69) is 50.6 Å². The number of piperazine rings is 1. The average Bonchev–Trinajstić information content (AvgIpc) is 2.38. The van der Waals surface area contributed by atoms with E-state index in [1.165, 1.54) is 25.8 Å². The Balaban J connectivity index is 2.76. The summed E-state index contributed by atoms with van der Waals surface area (Å²) in [5, 5.41) is 3.79. The maximum absolute atomic E-state index is 3.88. The van der Waals surface area contributed by atoms with Gasteiger partial charge in [-0.2, -0.15) is 0 Å². The Morgan fingerprint density at radius 3 is 2.53 bits per heavy atom. The molecular formula is C15H30N2. The summed E-state index contributed by atoms with van der Waals surface area (Å²) >= 11 is 0. The molecule has 0 aromatic carbocycles. The van der Waals surface area contributed by atoms with Crippen LogP contribution in [-0.2, 0) is 0 Å². The molecule has 1 heterocycles. The van der Waals surface area contributed by atoms with Gasteiger partial charge in [0.2, 0.25) is 0 Å². The molecule has 0 spiro atoms. The lowest BCUT2D eigenvalue weighted by molar-refractivity contribution is 0.0414. The number of hydrogen-bond donors (Lipinski definition) is 1. The van der Waals surface area contributed by atoms with E-state index >= 15 is 0 Å². The third-order valence-electron chi connectivity index (χ3n) is 4.57. The third-order valence-corrected chi connectivity index (χ3v) is 4.57. The van der Waals surface area contributed by atoms with Gasteiger partial charge in [0.25, 0.3) is 0 Å². The van der Waals surface area contributed by atoms with E-state index in [1.54, 1.807) is 0 Å². The summed E-state index contributed by atoms with van der Waals surface area (Å²) in [6, 6.07) is 1.31. The maximum atomic E-state index is 3.88. The highest BCUT2D eigenvalue weighted by atomic mass is 15.3. The molecule has 1 aliphatic heterocycles. The molecule has 1 saturated heterocycles. The van der Waals surface area contributed by atoms with Gasteiger partial charge in [-0.1, -0.05) is 26.8 Å². The summed E-state index contributed by atoms with van der Waals surface area (Å²) in [5.74, 6) is 0. The van der Waals surface area contributed by atoms with E-state index in [4.69, 9.17) is 0 Å². The van der Waals surface area contributed by atoms with Crippen molar-refractivity contribution >= 4 is 0 Å². The molecule has 1 fully saturated rings. The smallest absolute Gasteiger partial charge is 0.0304 e. The van der Waals surface area contributed by atoms with Gasteiger partial charge in [-0.05, 0) is 32.6 Å². The van der Waals surface area contributed by atoms with Crippen LogP contribution in [0.25, 0.3) is 0 Å². The zero-order valence-corrected chi connectivity index (χ0v) is 12.1. The number of nitrogens with one attached hydrogen (secondary N) is 1. The zero-order valence-electron chi connectivity index (χ0n) is 12.1. The summed E-state index contributed by atoms with van der Waals surface area (Å²) in [6.07, 6.45) is 6.82. The zero-order chi connectivity index (χ0) is 12.9. The van der Waals surface area contributed by atoms with Gasteiger partial charge in [0.1, 0.15) is 0 Å². The topological polar surface area (TPSA) is 15.3 Å². The van der Waals surface area contributed by atoms with Crippen molar-refractivity contribution in [1.29, 1.82) is 0 Å². The van der Waals surface area contributed by atoms with Crippen LogP contribution in [0.4, 0.5) is 0 Å². The van der Waals surface area contributed by atoms with Crippen molar-refractivity contribution in [3.63, 3.8) is 0 Å². The quantitative estimate of drug-likeness (QED) is 0.715. The minimum absolute atomic E-state index is 0.334. The van der Waals surface area contributed by atoms with E-state index < -0.39 is 0 Å². The Hall–Kier alpha value is -0.340. The minimum Gasteiger partial charge on any atom is -0.308 e. The lowest BCUT2D eigenvalue weighted by Crippen LogP contribution is -2.65. The lowest BCUT2D eigenvalue weighted by atomic mass is 9.87. The van der Waals surface area contributed by atoms with Gasteiger partial charge in [-0.25, -0.2) is 0 Å².